The van der Waals surface area contributed by atoms with Crippen LogP contribution in [0.5, 0.6) is 0 Å². The summed E-state index contributed by atoms with van der Waals surface area (Å²) in [4.78, 5) is 11.7. The number of anilines is 1. The molecule has 0 aromatic heterocycles. The monoisotopic (exact) mass is 189 g/mol. The zero-order valence-electron chi connectivity index (χ0n) is 8.63. The summed E-state index contributed by atoms with van der Waals surface area (Å²) in [5.74, 6) is 0.0855. The third kappa shape index (κ3) is 2.22. The van der Waals surface area contributed by atoms with E-state index in [1.54, 1.807) is 18.2 Å². The minimum atomic E-state index is 0.0855. The molecule has 2 heteroatoms. The number of Topliss-reactive ketones (excluding diaryl/α,β-unsaturated/α-hetero) is 1. The summed E-state index contributed by atoms with van der Waals surface area (Å²) in [6.45, 7) is 7.43. The van der Waals surface area contributed by atoms with Gasteiger partial charge >= 0.3 is 0 Å². The van der Waals surface area contributed by atoms with Gasteiger partial charge in [0.1, 0.15) is 0 Å². The lowest BCUT2D eigenvalue weighted by molar-refractivity contribution is 0.0992. The molecule has 0 aliphatic carbocycles. The Morgan fingerprint density at radius 1 is 1.50 bits per heavy atom. The van der Waals surface area contributed by atoms with E-state index in [1.807, 2.05) is 13.8 Å². The van der Waals surface area contributed by atoms with Crippen molar-refractivity contribution in [3.05, 3.63) is 41.5 Å². The van der Waals surface area contributed by atoms with Crippen molar-refractivity contribution in [2.45, 2.75) is 20.3 Å². The number of allylic oxidation sites excluding steroid dienone is 1. The van der Waals surface area contributed by atoms with Crippen LogP contribution in [-0.2, 0) is 0 Å². The minimum absolute atomic E-state index is 0.0855. The Balaban J connectivity index is 3.01. The van der Waals surface area contributed by atoms with Gasteiger partial charge in [0.05, 0.1) is 0 Å². The highest BCUT2D eigenvalue weighted by molar-refractivity contribution is 5.99. The number of hydrogen-bond acceptors (Lipinski definition) is 2. The SMILES string of the molecule is C=C(C)CC(=O)c1cccc(N)c1C. The highest BCUT2D eigenvalue weighted by Gasteiger charge is 2.09. The summed E-state index contributed by atoms with van der Waals surface area (Å²) < 4.78 is 0. The van der Waals surface area contributed by atoms with Crippen LogP contribution < -0.4 is 5.73 Å². The Labute approximate surface area is 84.4 Å². The van der Waals surface area contributed by atoms with Gasteiger partial charge in [0, 0.05) is 17.7 Å². The molecule has 0 atom stereocenters. The van der Waals surface area contributed by atoms with E-state index in [1.165, 1.54) is 0 Å². The van der Waals surface area contributed by atoms with Gasteiger partial charge in [-0.25, -0.2) is 0 Å². The normalized spacial score (nSPS) is 9.86. The summed E-state index contributed by atoms with van der Waals surface area (Å²) in [6.07, 6.45) is 0.393. The second-order valence-electron chi connectivity index (χ2n) is 3.58. The molecule has 1 aromatic carbocycles. The summed E-state index contributed by atoms with van der Waals surface area (Å²) in [6, 6.07) is 5.40. The van der Waals surface area contributed by atoms with E-state index in [-0.39, 0.29) is 5.78 Å². The first-order chi connectivity index (χ1) is 6.52. The quantitative estimate of drug-likeness (QED) is 0.451. The Morgan fingerprint density at radius 2 is 2.14 bits per heavy atom. The van der Waals surface area contributed by atoms with Gasteiger partial charge in [-0.1, -0.05) is 24.3 Å². The lowest BCUT2D eigenvalue weighted by atomic mass is 9.99. The van der Waals surface area contributed by atoms with Crippen LogP contribution in [0.3, 0.4) is 0 Å². The van der Waals surface area contributed by atoms with Crippen LogP contribution in [0.4, 0.5) is 5.69 Å². The highest BCUT2D eigenvalue weighted by atomic mass is 16.1. The molecule has 14 heavy (non-hydrogen) atoms. The first-order valence-corrected chi connectivity index (χ1v) is 4.55. The van der Waals surface area contributed by atoms with Crippen molar-refractivity contribution in [2.24, 2.45) is 0 Å². The maximum Gasteiger partial charge on any atom is 0.167 e. The predicted octanol–water partition coefficient (Wildman–Crippen LogP) is 2.73. The van der Waals surface area contributed by atoms with E-state index in [0.29, 0.717) is 17.7 Å². The standard InChI is InChI=1S/C12H15NO/c1-8(2)7-12(14)10-5-4-6-11(13)9(10)3/h4-6H,1,7,13H2,2-3H3. The molecule has 0 bridgehead atoms. The van der Waals surface area contributed by atoms with Crippen LogP contribution in [-0.4, -0.2) is 5.78 Å². The van der Waals surface area contributed by atoms with Gasteiger partial charge in [0.2, 0.25) is 0 Å². The van der Waals surface area contributed by atoms with Crippen molar-refractivity contribution in [3.63, 3.8) is 0 Å². The molecular formula is C12H15NO. The van der Waals surface area contributed by atoms with Crippen molar-refractivity contribution in [1.29, 1.82) is 0 Å². The Morgan fingerprint density at radius 3 is 2.71 bits per heavy atom. The molecular weight excluding hydrogens is 174 g/mol. The molecule has 2 nitrogen and oxygen atoms in total. The second kappa shape index (κ2) is 4.09. The number of nitrogens with two attached hydrogens (primary N) is 1. The van der Waals surface area contributed by atoms with Gasteiger partial charge in [-0.3, -0.25) is 4.79 Å². The molecule has 74 valence electrons. The van der Waals surface area contributed by atoms with E-state index in [4.69, 9.17) is 5.73 Å². The fraction of sp³-hybridized carbons (Fsp3) is 0.250. The number of nitrogen functional groups attached to an aromatic ring is 1. The van der Waals surface area contributed by atoms with E-state index in [9.17, 15) is 4.79 Å². The molecule has 1 rings (SSSR count). The average molecular weight is 189 g/mol. The molecule has 0 saturated heterocycles. The largest absolute Gasteiger partial charge is 0.398 e. The predicted molar refractivity (Wildman–Crippen MR) is 59.4 cm³/mol. The molecule has 0 aliphatic heterocycles. The van der Waals surface area contributed by atoms with E-state index in [0.717, 1.165) is 11.1 Å². The van der Waals surface area contributed by atoms with Gasteiger partial charge in [0.15, 0.2) is 5.78 Å². The van der Waals surface area contributed by atoms with Crippen LogP contribution >= 0.6 is 0 Å². The Hall–Kier alpha value is -1.57. The zero-order valence-corrected chi connectivity index (χ0v) is 8.63. The average Bonchev–Trinajstić information content (AvgIpc) is 2.08. The number of carbonyl (C=O) groups is 1. The molecule has 1 aromatic rings. The lowest BCUT2D eigenvalue weighted by Crippen LogP contribution is -2.04. The number of carbonyl (C=O) groups excluding carboxylic acids is 1. The van der Waals surface area contributed by atoms with Crippen molar-refractivity contribution >= 4 is 11.5 Å². The van der Waals surface area contributed by atoms with Crippen LogP contribution in [0.1, 0.15) is 29.3 Å². The molecule has 0 saturated carbocycles. The molecule has 0 heterocycles. The molecule has 0 spiro atoms. The van der Waals surface area contributed by atoms with Crippen molar-refractivity contribution in [2.75, 3.05) is 5.73 Å². The second-order valence-corrected chi connectivity index (χ2v) is 3.58. The molecule has 0 radical (unpaired) electrons. The summed E-state index contributed by atoms with van der Waals surface area (Å²) in [5, 5.41) is 0. The molecule has 2 N–H and O–H groups in total. The van der Waals surface area contributed by atoms with Crippen LogP contribution in [0.25, 0.3) is 0 Å². The number of rotatable bonds is 3. The topological polar surface area (TPSA) is 43.1 Å². The van der Waals surface area contributed by atoms with Crippen LogP contribution in [0.15, 0.2) is 30.4 Å². The summed E-state index contributed by atoms with van der Waals surface area (Å²) in [7, 11) is 0. The third-order valence-corrected chi connectivity index (χ3v) is 2.14. The third-order valence-electron chi connectivity index (χ3n) is 2.14. The van der Waals surface area contributed by atoms with E-state index < -0.39 is 0 Å². The van der Waals surface area contributed by atoms with Gasteiger partial charge in [-0.15, -0.1) is 0 Å². The van der Waals surface area contributed by atoms with Crippen molar-refractivity contribution < 1.29 is 4.79 Å². The first kappa shape index (κ1) is 10.5. The highest BCUT2D eigenvalue weighted by Crippen LogP contribution is 2.18. The van der Waals surface area contributed by atoms with Crippen molar-refractivity contribution in [1.82, 2.24) is 0 Å². The molecule has 0 amide bonds. The lowest BCUT2D eigenvalue weighted by Gasteiger charge is -2.06. The van der Waals surface area contributed by atoms with Gasteiger partial charge in [0.25, 0.3) is 0 Å². The Kier molecular flexibility index (Phi) is 3.07. The Bertz CT molecular complexity index is 380. The fourth-order valence-electron chi connectivity index (χ4n) is 1.32. The van der Waals surface area contributed by atoms with E-state index >= 15 is 0 Å². The van der Waals surface area contributed by atoms with Gasteiger partial charge in [-0.2, -0.15) is 0 Å². The smallest absolute Gasteiger partial charge is 0.167 e. The molecule has 0 unspecified atom stereocenters. The fourth-order valence-corrected chi connectivity index (χ4v) is 1.32. The summed E-state index contributed by atoms with van der Waals surface area (Å²) >= 11 is 0. The van der Waals surface area contributed by atoms with Gasteiger partial charge < -0.3 is 5.73 Å². The number of benzene rings is 1. The molecule has 0 aliphatic rings. The van der Waals surface area contributed by atoms with E-state index in [2.05, 4.69) is 6.58 Å². The minimum Gasteiger partial charge on any atom is -0.398 e. The first-order valence-electron chi connectivity index (χ1n) is 4.55. The number of hydrogen-bond donors (Lipinski definition) is 1. The summed E-state index contributed by atoms with van der Waals surface area (Å²) in [5.41, 5.74) is 8.81. The van der Waals surface area contributed by atoms with Crippen molar-refractivity contribution in [3.8, 4) is 0 Å². The maximum absolute atomic E-state index is 11.7. The molecule has 0 fully saturated rings. The number of ketones is 1. The van der Waals surface area contributed by atoms with Gasteiger partial charge in [-0.05, 0) is 25.5 Å². The van der Waals surface area contributed by atoms with Crippen LogP contribution in [0.2, 0.25) is 0 Å². The van der Waals surface area contributed by atoms with Crippen LogP contribution in [0, 0.1) is 6.92 Å². The zero-order chi connectivity index (χ0) is 10.7. The maximum atomic E-state index is 11.7.